The Kier molecular flexibility index (Phi) is 6.76. The van der Waals surface area contributed by atoms with Crippen molar-refractivity contribution in [3.05, 3.63) is 47.0 Å². The first kappa shape index (κ1) is 21.1. The van der Waals surface area contributed by atoms with Crippen molar-refractivity contribution in [2.45, 2.75) is 59.4 Å². The predicted octanol–water partition coefficient (Wildman–Crippen LogP) is 4.66. The number of hydrogen-bond acceptors (Lipinski definition) is 4. The Labute approximate surface area is 165 Å². The largest absolute Gasteiger partial charge is 0.346 e. The Morgan fingerprint density at radius 1 is 1.07 bits per heavy atom. The highest BCUT2D eigenvalue weighted by Crippen LogP contribution is 2.27. The van der Waals surface area contributed by atoms with E-state index in [1.54, 1.807) is 5.38 Å². The lowest BCUT2D eigenvalue weighted by molar-refractivity contribution is -0.116. The van der Waals surface area contributed by atoms with E-state index in [1.807, 2.05) is 44.2 Å². The summed E-state index contributed by atoms with van der Waals surface area (Å²) in [6, 6.07) is 9.87. The van der Waals surface area contributed by atoms with Crippen LogP contribution in [0.5, 0.6) is 0 Å². The van der Waals surface area contributed by atoms with Crippen LogP contribution in [0.2, 0.25) is 0 Å². The number of thiazole rings is 1. The van der Waals surface area contributed by atoms with Crippen LogP contribution in [0, 0.1) is 5.41 Å². The van der Waals surface area contributed by atoms with Crippen molar-refractivity contribution in [2.24, 2.45) is 5.41 Å². The number of hydrogen-bond donors (Lipinski definition) is 2. The minimum absolute atomic E-state index is 0.103. The summed E-state index contributed by atoms with van der Waals surface area (Å²) in [6.45, 7) is 10.5. The minimum Gasteiger partial charge on any atom is -0.346 e. The predicted molar refractivity (Wildman–Crippen MR) is 111 cm³/mol. The number of benzene rings is 1. The molecule has 0 unspecified atom stereocenters. The summed E-state index contributed by atoms with van der Waals surface area (Å²) in [6.07, 6.45) is 1.90. The van der Waals surface area contributed by atoms with E-state index in [2.05, 4.69) is 36.4 Å². The summed E-state index contributed by atoms with van der Waals surface area (Å²) in [5, 5.41) is 7.94. The van der Waals surface area contributed by atoms with Crippen LogP contribution in [-0.2, 0) is 11.2 Å². The molecule has 2 amide bonds. The van der Waals surface area contributed by atoms with Crippen molar-refractivity contribution in [3.63, 3.8) is 0 Å². The number of amides is 2. The number of nitrogens with zero attached hydrogens (tertiary/aromatic N) is 1. The number of rotatable bonds is 7. The molecule has 0 fully saturated rings. The highest BCUT2D eigenvalue weighted by Gasteiger charge is 2.28. The Balaban J connectivity index is 1.88. The zero-order valence-corrected chi connectivity index (χ0v) is 17.6. The first-order valence-electron chi connectivity index (χ1n) is 9.16. The van der Waals surface area contributed by atoms with Gasteiger partial charge in [0.1, 0.15) is 5.69 Å². The standard InChI is InChI=1S/C21H29N3O2S/c1-20(2,3)14-21(4,5)24-18(26)16-13-27-19(22-16)23-17(25)12-11-15-9-7-6-8-10-15/h6-10,13H,11-12,14H2,1-5H3,(H,24,26)(H,22,23,25). The summed E-state index contributed by atoms with van der Waals surface area (Å²) in [7, 11) is 0. The van der Waals surface area contributed by atoms with Gasteiger partial charge in [0, 0.05) is 17.3 Å². The molecule has 146 valence electrons. The average molecular weight is 388 g/mol. The Hall–Kier alpha value is -2.21. The topological polar surface area (TPSA) is 71.1 Å². The lowest BCUT2D eigenvalue weighted by atomic mass is 9.82. The highest BCUT2D eigenvalue weighted by molar-refractivity contribution is 7.14. The Morgan fingerprint density at radius 3 is 2.37 bits per heavy atom. The first-order chi connectivity index (χ1) is 12.5. The third kappa shape index (κ3) is 7.51. The molecule has 0 spiro atoms. The third-order valence-electron chi connectivity index (χ3n) is 3.89. The maximum atomic E-state index is 12.5. The molecule has 0 atom stereocenters. The van der Waals surface area contributed by atoms with Crippen molar-refractivity contribution >= 4 is 28.3 Å². The van der Waals surface area contributed by atoms with E-state index < -0.39 is 0 Å². The molecular formula is C21H29N3O2S. The van der Waals surface area contributed by atoms with Crippen LogP contribution in [0.1, 0.15) is 63.5 Å². The molecule has 0 bridgehead atoms. The average Bonchev–Trinajstić information content (AvgIpc) is 3.00. The van der Waals surface area contributed by atoms with Crippen molar-refractivity contribution in [1.82, 2.24) is 10.3 Å². The van der Waals surface area contributed by atoms with Gasteiger partial charge in [-0.05, 0) is 37.7 Å². The van der Waals surface area contributed by atoms with Gasteiger partial charge in [0.15, 0.2) is 5.13 Å². The van der Waals surface area contributed by atoms with E-state index in [-0.39, 0.29) is 22.8 Å². The van der Waals surface area contributed by atoms with Crippen molar-refractivity contribution in [2.75, 3.05) is 5.32 Å². The first-order valence-corrected chi connectivity index (χ1v) is 10.0. The molecule has 0 saturated carbocycles. The number of carbonyl (C=O) groups is 2. The van der Waals surface area contributed by atoms with Gasteiger partial charge in [-0.1, -0.05) is 51.1 Å². The molecule has 27 heavy (non-hydrogen) atoms. The van der Waals surface area contributed by atoms with Crippen molar-refractivity contribution in [3.8, 4) is 0 Å². The van der Waals surface area contributed by atoms with Gasteiger partial charge in [0.05, 0.1) is 0 Å². The Bertz CT molecular complexity index is 776. The molecule has 0 saturated heterocycles. The van der Waals surface area contributed by atoms with E-state index in [0.717, 1.165) is 12.0 Å². The monoisotopic (exact) mass is 387 g/mol. The van der Waals surface area contributed by atoms with Crippen LogP contribution in [-0.4, -0.2) is 22.3 Å². The number of nitrogens with one attached hydrogen (secondary N) is 2. The fourth-order valence-corrected chi connectivity index (χ4v) is 3.97. The summed E-state index contributed by atoms with van der Waals surface area (Å²) in [5.74, 6) is -0.321. The van der Waals surface area contributed by atoms with Crippen LogP contribution in [0.15, 0.2) is 35.7 Å². The van der Waals surface area contributed by atoms with Gasteiger partial charge < -0.3 is 10.6 Å². The second-order valence-corrected chi connectivity index (χ2v) is 9.51. The normalized spacial score (nSPS) is 11.9. The van der Waals surface area contributed by atoms with Crippen LogP contribution in [0.3, 0.4) is 0 Å². The van der Waals surface area contributed by atoms with Gasteiger partial charge in [0.2, 0.25) is 5.91 Å². The second-order valence-electron chi connectivity index (χ2n) is 8.65. The number of carbonyl (C=O) groups excluding carboxylic acids is 2. The van der Waals surface area contributed by atoms with E-state index in [9.17, 15) is 9.59 Å². The van der Waals surface area contributed by atoms with Crippen molar-refractivity contribution in [1.29, 1.82) is 0 Å². The number of aryl methyl sites for hydroxylation is 1. The zero-order valence-electron chi connectivity index (χ0n) is 16.8. The van der Waals surface area contributed by atoms with Crippen LogP contribution < -0.4 is 10.6 Å². The Morgan fingerprint density at radius 2 is 1.74 bits per heavy atom. The molecule has 1 heterocycles. The summed E-state index contributed by atoms with van der Waals surface area (Å²) >= 11 is 1.26. The van der Waals surface area contributed by atoms with Gasteiger partial charge in [-0.25, -0.2) is 4.98 Å². The molecule has 0 aliphatic carbocycles. The molecule has 2 rings (SSSR count). The highest BCUT2D eigenvalue weighted by atomic mass is 32.1. The lowest BCUT2D eigenvalue weighted by Gasteiger charge is -2.33. The molecule has 2 aromatic rings. The summed E-state index contributed by atoms with van der Waals surface area (Å²) in [5.41, 5.74) is 1.22. The maximum Gasteiger partial charge on any atom is 0.271 e. The molecule has 0 aliphatic rings. The van der Waals surface area contributed by atoms with Crippen LogP contribution >= 0.6 is 11.3 Å². The quantitative estimate of drug-likeness (QED) is 0.726. The van der Waals surface area contributed by atoms with E-state index >= 15 is 0 Å². The van der Waals surface area contributed by atoms with Gasteiger partial charge in [-0.2, -0.15) is 0 Å². The lowest BCUT2D eigenvalue weighted by Crippen LogP contribution is -2.45. The van der Waals surface area contributed by atoms with E-state index in [1.165, 1.54) is 11.3 Å². The fraction of sp³-hybridized carbons (Fsp3) is 0.476. The van der Waals surface area contributed by atoms with Gasteiger partial charge in [-0.15, -0.1) is 11.3 Å². The van der Waals surface area contributed by atoms with Crippen LogP contribution in [0.4, 0.5) is 5.13 Å². The van der Waals surface area contributed by atoms with E-state index in [0.29, 0.717) is 23.7 Å². The molecule has 1 aromatic carbocycles. The smallest absolute Gasteiger partial charge is 0.271 e. The molecule has 1 aromatic heterocycles. The number of anilines is 1. The molecule has 5 nitrogen and oxygen atoms in total. The van der Waals surface area contributed by atoms with Crippen LogP contribution in [0.25, 0.3) is 0 Å². The second kappa shape index (κ2) is 8.65. The minimum atomic E-state index is -0.335. The molecular weight excluding hydrogens is 358 g/mol. The maximum absolute atomic E-state index is 12.5. The summed E-state index contributed by atoms with van der Waals surface area (Å²) < 4.78 is 0. The van der Waals surface area contributed by atoms with Gasteiger partial charge >= 0.3 is 0 Å². The molecule has 2 N–H and O–H groups in total. The van der Waals surface area contributed by atoms with Gasteiger partial charge in [0.25, 0.3) is 5.91 Å². The van der Waals surface area contributed by atoms with Crippen molar-refractivity contribution < 1.29 is 9.59 Å². The molecule has 0 radical (unpaired) electrons. The van der Waals surface area contributed by atoms with Gasteiger partial charge in [-0.3, -0.25) is 9.59 Å². The number of aromatic nitrogens is 1. The summed E-state index contributed by atoms with van der Waals surface area (Å²) in [4.78, 5) is 28.8. The third-order valence-corrected chi connectivity index (χ3v) is 4.65. The molecule has 6 heteroatoms. The van der Waals surface area contributed by atoms with E-state index in [4.69, 9.17) is 0 Å². The zero-order chi connectivity index (χ0) is 20.1. The SMILES string of the molecule is CC(C)(C)CC(C)(C)NC(=O)c1csc(NC(=O)CCc2ccccc2)n1. The fourth-order valence-electron chi connectivity index (χ4n) is 3.26. The molecule has 0 aliphatic heterocycles.